The maximum atomic E-state index is 12.0. The summed E-state index contributed by atoms with van der Waals surface area (Å²) >= 11 is 3.33. The zero-order chi connectivity index (χ0) is 17.6. The summed E-state index contributed by atoms with van der Waals surface area (Å²) in [5.74, 6) is 0.731. The van der Waals surface area contributed by atoms with Gasteiger partial charge in [0, 0.05) is 36.2 Å². The molecule has 140 valence electrons. The van der Waals surface area contributed by atoms with E-state index in [0.29, 0.717) is 31.0 Å². The second-order valence-corrected chi connectivity index (χ2v) is 8.65. The second kappa shape index (κ2) is 10.3. The van der Waals surface area contributed by atoms with Gasteiger partial charge in [-0.3, -0.25) is 9.79 Å². The van der Waals surface area contributed by atoms with Crippen LogP contribution in [0.3, 0.4) is 0 Å². The van der Waals surface area contributed by atoms with Gasteiger partial charge in [-0.25, -0.2) is 8.42 Å². The fourth-order valence-electron chi connectivity index (χ4n) is 2.39. The van der Waals surface area contributed by atoms with E-state index in [9.17, 15) is 13.2 Å². The summed E-state index contributed by atoms with van der Waals surface area (Å²) < 4.78 is 23.8. The average molecular weight is 545 g/mol. The number of hydrogen-bond donors (Lipinski definition) is 3. The lowest BCUT2D eigenvalue weighted by molar-refractivity contribution is 0.0954. The molecule has 1 fully saturated rings. The molecule has 1 aromatic carbocycles. The molecular weight excluding hydrogens is 523 g/mol. The van der Waals surface area contributed by atoms with E-state index in [-0.39, 0.29) is 47.4 Å². The third-order valence-corrected chi connectivity index (χ3v) is 5.85. The van der Waals surface area contributed by atoms with Crippen molar-refractivity contribution in [2.24, 2.45) is 4.99 Å². The molecule has 1 unspecified atom stereocenters. The summed E-state index contributed by atoms with van der Waals surface area (Å²) in [4.78, 5) is 16.1. The Morgan fingerprint density at radius 3 is 2.64 bits per heavy atom. The van der Waals surface area contributed by atoms with Gasteiger partial charge in [0.2, 0.25) is 0 Å². The van der Waals surface area contributed by atoms with E-state index in [2.05, 4.69) is 36.9 Å². The molecule has 1 amide bonds. The quantitative estimate of drug-likeness (QED) is 0.223. The lowest BCUT2D eigenvalue weighted by Crippen LogP contribution is -2.46. The number of hydrogen-bond acceptors (Lipinski definition) is 4. The van der Waals surface area contributed by atoms with Gasteiger partial charge in [0.1, 0.15) is 0 Å². The summed E-state index contributed by atoms with van der Waals surface area (Å²) in [6.45, 7) is 0.911. The zero-order valence-corrected chi connectivity index (χ0v) is 18.5. The van der Waals surface area contributed by atoms with Crippen molar-refractivity contribution in [3.8, 4) is 0 Å². The van der Waals surface area contributed by atoms with Crippen molar-refractivity contribution in [3.05, 3.63) is 34.3 Å². The van der Waals surface area contributed by atoms with Crippen molar-refractivity contribution in [2.75, 3.05) is 31.6 Å². The first-order valence-corrected chi connectivity index (χ1v) is 10.2. The Hall–Kier alpha value is -0.880. The van der Waals surface area contributed by atoms with Crippen molar-refractivity contribution in [1.29, 1.82) is 0 Å². The van der Waals surface area contributed by atoms with Crippen LogP contribution in [-0.4, -0.2) is 58.0 Å². The minimum atomic E-state index is -2.93. The van der Waals surface area contributed by atoms with Crippen LogP contribution in [0.4, 0.5) is 0 Å². The number of benzene rings is 1. The van der Waals surface area contributed by atoms with Gasteiger partial charge in [0.15, 0.2) is 15.8 Å². The smallest absolute Gasteiger partial charge is 0.251 e. The summed E-state index contributed by atoms with van der Waals surface area (Å²) in [5, 5.41) is 8.96. The van der Waals surface area contributed by atoms with E-state index in [1.807, 2.05) is 6.07 Å². The molecule has 0 aromatic heterocycles. The van der Waals surface area contributed by atoms with Gasteiger partial charge in [-0.15, -0.1) is 24.0 Å². The van der Waals surface area contributed by atoms with Crippen molar-refractivity contribution in [3.63, 3.8) is 0 Å². The van der Waals surface area contributed by atoms with Gasteiger partial charge in [0.05, 0.1) is 11.5 Å². The Balaban J connectivity index is 0.00000312. The normalized spacial score (nSPS) is 19.0. The Bertz CT molecular complexity index is 727. The van der Waals surface area contributed by atoms with Gasteiger partial charge in [-0.2, -0.15) is 0 Å². The van der Waals surface area contributed by atoms with Crippen molar-refractivity contribution < 1.29 is 13.2 Å². The minimum absolute atomic E-state index is 0. The van der Waals surface area contributed by atoms with Gasteiger partial charge in [-0.1, -0.05) is 22.0 Å². The van der Waals surface area contributed by atoms with Crippen LogP contribution in [0, 0.1) is 0 Å². The van der Waals surface area contributed by atoms with E-state index < -0.39 is 9.84 Å². The van der Waals surface area contributed by atoms with Crippen LogP contribution in [0.5, 0.6) is 0 Å². The molecule has 1 atom stereocenters. The van der Waals surface area contributed by atoms with E-state index in [4.69, 9.17) is 0 Å². The van der Waals surface area contributed by atoms with Gasteiger partial charge in [-0.05, 0) is 24.6 Å². The maximum Gasteiger partial charge on any atom is 0.251 e. The number of carbonyl (C=O) groups excluding carboxylic acids is 1. The van der Waals surface area contributed by atoms with E-state index >= 15 is 0 Å². The molecule has 1 aliphatic heterocycles. The Morgan fingerprint density at radius 1 is 1.32 bits per heavy atom. The highest BCUT2D eigenvalue weighted by atomic mass is 127. The topological polar surface area (TPSA) is 99.7 Å². The molecule has 1 aromatic rings. The number of nitrogens with one attached hydrogen (secondary N) is 3. The van der Waals surface area contributed by atoms with Gasteiger partial charge < -0.3 is 16.0 Å². The number of aliphatic imine (C=N–C) groups is 1. The maximum absolute atomic E-state index is 12.0. The average Bonchev–Trinajstić information content (AvgIpc) is 2.88. The first kappa shape index (κ1) is 22.2. The Morgan fingerprint density at radius 2 is 2.04 bits per heavy atom. The third-order valence-electron chi connectivity index (χ3n) is 3.59. The van der Waals surface area contributed by atoms with Crippen LogP contribution in [-0.2, 0) is 9.84 Å². The molecule has 1 aliphatic rings. The Labute approximate surface area is 173 Å². The molecule has 10 heteroatoms. The SMILES string of the molecule is CN=C(NCCNC(=O)c1cccc(Br)c1)NC1CCS(=O)(=O)C1.I. The molecular formula is C15H22BrIN4O3S. The molecule has 1 heterocycles. The van der Waals surface area contributed by atoms with Crippen molar-refractivity contribution in [2.45, 2.75) is 12.5 Å². The third kappa shape index (κ3) is 7.48. The number of rotatable bonds is 5. The van der Waals surface area contributed by atoms with Gasteiger partial charge >= 0.3 is 0 Å². The van der Waals surface area contributed by atoms with E-state index in [1.165, 1.54) is 0 Å². The van der Waals surface area contributed by atoms with Crippen LogP contribution >= 0.6 is 39.9 Å². The van der Waals surface area contributed by atoms with Crippen LogP contribution in [0.2, 0.25) is 0 Å². The Kier molecular flexibility index (Phi) is 9.14. The molecule has 0 spiro atoms. The standard InChI is InChI=1S/C15H21BrN4O3S.HI/c1-17-15(20-13-5-8-24(22,23)10-13)19-7-6-18-14(21)11-3-2-4-12(16)9-11;/h2-4,9,13H,5-8,10H2,1H3,(H,18,21)(H2,17,19,20);1H. The van der Waals surface area contributed by atoms with Gasteiger partial charge in [0.25, 0.3) is 5.91 Å². The number of carbonyl (C=O) groups is 1. The molecule has 1 saturated heterocycles. The van der Waals surface area contributed by atoms with Crippen LogP contribution in [0.1, 0.15) is 16.8 Å². The lowest BCUT2D eigenvalue weighted by atomic mass is 10.2. The molecule has 0 aliphatic carbocycles. The van der Waals surface area contributed by atoms with E-state index in [0.717, 1.165) is 4.47 Å². The molecule has 0 saturated carbocycles. The minimum Gasteiger partial charge on any atom is -0.355 e. The highest BCUT2D eigenvalue weighted by Gasteiger charge is 2.28. The molecule has 0 bridgehead atoms. The summed E-state index contributed by atoms with van der Waals surface area (Å²) in [6, 6.07) is 7.05. The first-order chi connectivity index (χ1) is 11.4. The number of guanidine groups is 1. The number of sulfone groups is 1. The fourth-order valence-corrected chi connectivity index (χ4v) is 4.46. The largest absolute Gasteiger partial charge is 0.355 e. The summed E-state index contributed by atoms with van der Waals surface area (Å²) in [7, 11) is -1.30. The van der Waals surface area contributed by atoms with Crippen LogP contribution in [0.15, 0.2) is 33.7 Å². The van der Waals surface area contributed by atoms with Crippen LogP contribution < -0.4 is 16.0 Å². The van der Waals surface area contributed by atoms with Crippen molar-refractivity contribution >= 4 is 61.6 Å². The number of halogens is 2. The predicted molar refractivity (Wildman–Crippen MR) is 113 cm³/mol. The van der Waals surface area contributed by atoms with E-state index in [1.54, 1.807) is 25.2 Å². The number of nitrogens with zero attached hydrogens (tertiary/aromatic N) is 1. The monoisotopic (exact) mass is 544 g/mol. The molecule has 7 nitrogen and oxygen atoms in total. The highest BCUT2D eigenvalue weighted by Crippen LogP contribution is 2.11. The fraction of sp³-hybridized carbons (Fsp3) is 0.467. The summed E-state index contributed by atoms with van der Waals surface area (Å²) in [6.07, 6.45) is 0.586. The molecule has 25 heavy (non-hydrogen) atoms. The molecule has 2 rings (SSSR count). The predicted octanol–water partition coefficient (Wildman–Crippen LogP) is 1.15. The lowest BCUT2D eigenvalue weighted by Gasteiger charge is -2.16. The van der Waals surface area contributed by atoms with Crippen molar-refractivity contribution in [1.82, 2.24) is 16.0 Å². The highest BCUT2D eigenvalue weighted by molar-refractivity contribution is 14.0. The van der Waals surface area contributed by atoms with Crippen LogP contribution in [0.25, 0.3) is 0 Å². The summed E-state index contributed by atoms with van der Waals surface area (Å²) in [5.41, 5.74) is 0.586. The second-order valence-electron chi connectivity index (χ2n) is 5.51. The molecule has 0 radical (unpaired) electrons. The first-order valence-electron chi connectivity index (χ1n) is 7.61. The number of amides is 1. The molecule has 3 N–H and O–H groups in total. The zero-order valence-electron chi connectivity index (χ0n) is 13.8.